The van der Waals surface area contributed by atoms with E-state index in [9.17, 15) is 13.2 Å². The van der Waals surface area contributed by atoms with Crippen molar-refractivity contribution in [2.75, 3.05) is 31.1 Å². The van der Waals surface area contributed by atoms with Gasteiger partial charge in [-0.05, 0) is 61.2 Å². The van der Waals surface area contributed by atoms with Crippen LogP contribution < -0.4 is 4.90 Å². The Morgan fingerprint density at radius 3 is 2.47 bits per heavy atom. The van der Waals surface area contributed by atoms with Crippen molar-refractivity contribution in [2.45, 2.75) is 51.0 Å². The molecule has 7 nitrogen and oxygen atoms in total. The molecule has 0 bridgehead atoms. The highest BCUT2D eigenvalue weighted by atomic mass is 32.2. The van der Waals surface area contributed by atoms with Crippen LogP contribution in [0.3, 0.4) is 0 Å². The lowest BCUT2D eigenvalue weighted by molar-refractivity contribution is 0.0917. The number of hydrogen-bond acceptors (Lipinski definition) is 6. The van der Waals surface area contributed by atoms with Crippen molar-refractivity contribution in [3.63, 3.8) is 0 Å². The zero-order valence-electron chi connectivity index (χ0n) is 19.9. The van der Waals surface area contributed by atoms with E-state index in [0.29, 0.717) is 36.9 Å². The van der Waals surface area contributed by atoms with E-state index in [1.165, 1.54) is 33.3 Å². The molecule has 4 rings (SSSR count). The molecule has 1 aliphatic rings. The number of anilines is 1. The molecular formula is C25H31N3O4S2. The van der Waals surface area contributed by atoms with Gasteiger partial charge in [0, 0.05) is 25.3 Å². The molecule has 9 heteroatoms. The number of amides is 1. The van der Waals surface area contributed by atoms with Gasteiger partial charge in [-0.3, -0.25) is 9.69 Å². The first-order valence-electron chi connectivity index (χ1n) is 11.8. The number of hydrogen-bond donors (Lipinski definition) is 0. The van der Waals surface area contributed by atoms with Crippen molar-refractivity contribution < 1.29 is 17.9 Å². The molecular weight excluding hydrogens is 470 g/mol. The number of thiazole rings is 1. The summed E-state index contributed by atoms with van der Waals surface area (Å²) in [6.45, 7) is 7.63. The third kappa shape index (κ3) is 5.02. The van der Waals surface area contributed by atoms with Crippen molar-refractivity contribution in [1.82, 2.24) is 9.29 Å². The Balaban J connectivity index is 1.66. The van der Waals surface area contributed by atoms with Gasteiger partial charge in [0.25, 0.3) is 5.91 Å². The van der Waals surface area contributed by atoms with Crippen LogP contribution in [0.5, 0.6) is 0 Å². The summed E-state index contributed by atoms with van der Waals surface area (Å²) in [6.07, 6.45) is 2.77. The lowest BCUT2D eigenvalue weighted by atomic mass is 10.1. The topological polar surface area (TPSA) is 79.8 Å². The number of rotatable bonds is 9. The highest BCUT2D eigenvalue weighted by molar-refractivity contribution is 7.89. The van der Waals surface area contributed by atoms with Crippen LogP contribution in [0, 0.1) is 0 Å². The number of carbonyl (C=O) groups is 1. The van der Waals surface area contributed by atoms with Crippen LogP contribution >= 0.6 is 11.3 Å². The minimum absolute atomic E-state index is 0.0375. The molecule has 1 aliphatic heterocycles. The van der Waals surface area contributed by atoms with Gasteiger partial charge in [-0.2, -0.15) is 4.31 Å². The average molecular weight is 502 g/mol. The second-order valence-electron chi connectivity index (χ2n) is 8.32. The minimum atomic E-state index is -3.58. The lowest BCUT2D eigenvalue weighted by Gasteiger charge is -2.23. The Kier molecular flexibility index (Phi) is 7.67. The van der Waals surface area contributed by atoms with Gasteiger partial charge in [0.2, 0.25) is 10.0 Å². The molecule has 0 radical (unpaired) electrons. The fourth-order valence-corrected chi connectivity index (χ4v) is 6.66. The third-order valence-corrected chi connectivity index (χ3v) is 9.29. The molecule has 0 aliphatic carbocycles. The van der Waals surface area contributed by atoms with Gasteiger partial charge < -0.3 is 4.74 Å². The molecule has 1 aromatic heterocycles. The van der Waals surface area contributed by atoms with Crippen molar-refractivity contribution in [3.8, 4) is 0 Å². The first-order valence-corrected chi connectivity index (χ1v) is 14.1. The summed E-state index contributed by atoms with van der Waals surface area (Å²) in [6, 6.07) is 12.4. The van der Waals surface area contributed by atoms with Crippen molar-refractivity contribution in [3.05, 3.63) is 53.6 Å². The number of sulfonamides is 1. The Morgan fingerprint density at radius 2 is 1.85 bits per heavy atom. The van der Waals surface area contributed by atoms with Crippen molar-refractivity contribution >= 4 is 42.6 Å². The SMILES string of the molecule is CCc1ccc2nc(N(CC3CCCO3)C(=O)c3ccc(S(=O)(=O)N(CC)CC)cc3)sc2c1. The van der Waals surface area contributed by atoms with Gasteiger partial charge in [0.1, 0.15) is 0 Å². The van der Waals surface area contributed by atoms with Gasteiger partial charge in [0.15, 0.2) is 5.13 Å². The zero-order valence-corrected chi connectivity index (χ0v) is 21.5. The Bertz CT molecular complexity index is 1240. The smallest absolute Gasteiger partial charge is 0.260 e. The van der Waals surface area contributed by atoms with Crippen LogP contribution in [-0.4, -0.2) is 56.0 Å². The van der Waals surface area contributed by atoms with Crippen LogP contribution in [0.1, 0.15) is 49.5 Å². The average Bonchev–Trinajstić information content (AvgIpc) is 3.52. The van der Waals surface area contributed by atoms with E-state index in [2.05, 4.69) is 19.1 Å². The fraction of sp³-hybridized carbons (Fsp3) is 0.440. The highest BCUT2D eigenvalue weighted by Crippen LogP contribution is 2.32. The molecule has 1 fully saturated rings. The quantitative estimate of drug-likeness (QED) is 0.424. The third-order valence-electron chi connectivity index (χ3n) is 6.18. The zero-order chi connectivity index (χ0) is 24.3. The maximum absolute atomic E-state index is 13.6. The van der Waals surface area contributed by atoms with E-state index in [1.807, 2.05) is 19.9 Å². The normalized spacial score (nSPS) is 16.4. The van der Waals surface area contributed by atoms with Gasteiger partial charge in [-0.15, -0.1) is 0 Å². The van der Waals surface area contributed by atoms with Crippen LogP contribution in [0.15, 0.2) is 47.4 Å². The summed E-state index contributed by atoms with van der Waals surface area (Å²) < 4.78 is 33.9. The molecule has 0 N–H and O–H groups in total. The van der Waals surface area contributed by atoms with Gasteiger partial charge >= 0.3 is 0 Å². The number of nitrogens with zero attached hydrogens (tertiary/aromatic N) is 3. The minimum Gasteiger partial charge on any atom is -0.376 e. The Labute approximate surface area is 205 Å². The largest absolute Gasteiger partial charge is 0.376 e. The van der Waals surface area contributed by atoms with Gasteiger partial charge in [-0.1, -0.05) is 38.2 Å². The molecule has 1 saturated heterocycles. The van der Waals surface area contributed by atoms with Crippen LogP contribution in [0.4, 0.5) is 5.13 Å². The fourth-order valence-electron chi connectivity index (χ4n) is 4.17. The first kappa shape index (κ1) is 24.8. The monoisotopic (exact) mass is 501 g/mol. The number of aromatic nitrogens is 1. The Hall–Kier alpha value is -2.33. The molecule has 0 spiro atoms. The molecule has 3 aromatic rings. The summed E-state index contributed by atoms with van der Waals surface area (Å²) in [5, 5.41) is 0.628. The summed E-state index contributed by atoms with van der Waals surface area (Å²) in [4.78, 5) is 20.2. The second kappa shape index (κ2) is 10.5. The summed E-state index contributed by atoms with van der Waals surface area (Å²) >= 11 is 1.49. The summed E-state index contributed by atoms with van der Waals surface area (Å²) in [5.74, 6) is -0.211. The maximum Gasteiger partial charge on any atom is 0.260 e. The van der Waals surface area contributed by atoms with E-state index < -0.39 is 10.0 Å². The number of ether oxygens (including phenoxy) is 1. The van der Waals surface area contributed by atoms with E-state index >= 15 is 0 Å². The summed E-state index contributed by atoms with van der Waals surface area (Å²) in [5.41, 5.74) is 2.51. The van der Waals surface area contributed by atoms with E-state index in [1.54, 1.807) is 17.0 Å². The van der Waals surface area contributed by atoms with Gasteiger partial charge in [-0.25, -0.2) is 13.4 Å². The molecule has 1 unspecified atom stereocenters. The predicted octanol–water partition coefficient (Wildman–Crippen LogP) is 4.72. The van der Waals surface area contributed by atoms with E-state index in [0.717, 1.165) is 29.5 Å². The maximum atomic E-state index is 13.6. The number of benzene rings is 2. The predicted molar refractivity (Wildman–Crippen MR) is 136 cm³/mol. The lowest BCUT2D eigenvalue weighted by Crippen LogP contribution is -2.37. The van der Waals surface area contributed by atoms with Crippen LogP contribution in [-0.2, 0) is 21.2 Å². The van der Waals surface area contributed by atoms with Gasteiger partial charge in [0.05, 0.1) is 27.8 Å². The Morgan fingerprint density at radius 1 is 1.12 bits per heavy atom. The van der Waals surface area contributed by atoms with Crippen molar-refractivity contribution in [1.29, 1.82) is 0 Å². The molecule has 2 aromatic carbocycles. The standard InChI is InChI=1S/C25H31N3O4S2/c1-4-18-9-14-22-23(16-18)33-25(26-22)28(17-20-8-7-15-32-20)24(29)19-10-12-21(13-11-19)34(30,31)27(5-2)6-3/h9-14,16,20H,4-8,15,17H2,1-3H3. The van der Waals surface area contributed by atoms with Crippen LogP contribution in [0.2, 0.25) is 0 Å². The number of aryl methyl sites for hydroxylation is 1. The molecule has 34 heavy (non-hydrogen) atoms. The molecule has 182 valence electrons. The van der Waals surface area contributed by atoms with E-state index in [-0.39, 0.29) is 16.9 Å². The molecule has 1 atom stereocenters. The highest BCUT2D eigenvalue weighted by Gasteiger charge is 2.28. The number of fused-ring (bicyclic) bond motifs is 1. The van der Waals surface area contributed by atoms with E-state index in [4.69, 9.17) is 9.72 Å². The number of carbonyl (C=O) groups excluding carboxylic acids is 1. The molecule has 1 amide bonds. The summed E-state index contributed by atoms with van der Waals surface area (Å²) in [7, 11) is -3.58. The first-order chi connectivity index (χ1) is 16.4. The van der Waals surface area contributed by atoms with Crippen LogP contribution in [0.25, 0.3) is 10.2 Å². The molecule has 0 saturated carbocycles. The molecule has 2 heterocycles. The van der Waals surface area contributed by atoms with Crippen molar-refractivity contribution in [2.24, 2.45) is 0 Å². The second-order valence-corrected chi connectivity index (χ2v) is 11.3.